The number of nitrogens with one attached hydrogen (secondary N) is 2. The largest absolute Gasteiger partial charge is 0.396 e. The van der Waals surface area contributed by atoms with Crippen LogP contribution in [0.5, 0.6) is 0 Å². The van der Waals surface area contributed by atoms with Gasteiger partial charge in [0.25, 0.3) is 0 Å². The zero-order valence-electron chi connectivity index (χ0n) is 10.2. The number of aliphatic hydroxyl groups is 1. The van der Waals surface area contributed by atoms with E-state index in [0.717, 1.165) is 24.5 Å². The summed E-state index contributed by atoms with van der Waals surface area (Å²) in [6.07, 6.45) is 6.18. The Balaban J connectivity index is 2.02. The van der Waals surface area contributed by atoms with Crippen molar-refractivity contribution in [1.29, 1.82) is 0 Å². The molecule has 1 saturated carbocycles. The highest BCUT2D eigenvalue weighted by Gasteiger charge is 2.24. The molecule has 1 aromatic heterocycles. The summed E-state index contributed by atoms with van der Waals surface area (Å²) in [6, 6.07) is 2.22. The minimum Gasteiger partial charge on any atom is -0.396 e. The van der Waals surface area contributed by atoms with E-state index >= 15 is 0 Å². The SMILES string of the molecule is CNc1cc(NC2CCCCC2CO)ncn1. The summed E-state index contributed by atoms with van der Waals surface area (Å²) in [5.41, 5.74) is 0. The van der Waals surface area contributed by atoms with Gasteiger partial charge >= 0.3 is 0 Å². The monoisotopic (exact) mass is 236 g/mol. The van der Waals surface area contributed by atoms with Gasteiger partial charge in [0.05, 0.1) is 0 Å². The van der Waals surface area contributed by atoms with E-state index in [1.807, 2.05) is 13.1 Å². The van der Waals surface area contributed by atoms with Gasteiger partial charge in [0, 0.05) is 31.7 Å². The van der Waals surface area contributed by atoms with E-state index in [2.05, 4.69) is 20.6 Å². The van der Waals surface area contributed by atoms with E-state index in [-0.39, 0.29) is 6.61 Å². The molecule has 17 heavy (non-hydrogen) atoms. The fraction of sp³-hybridized carbons (Fsp3) is 0.667. The van der Waals surface area contributed by atoms with Gasteiger partial charge in [0.1, 0.15) is 18.0 Å². The Morgan fingerprint density at radius 3 is 2.82 bits per heavy atom. The quantitative estimate of drug-likeness (QED) is 0.738. The van der Waals surface area contributed by atoms with Gasteiger partial charge in [-0.25, -0.2) is 9.97 Å². The van der Waals surface area contributed by atoms with Crippen LogP contribution in [0.1, 0.15) is 25.7 Å². The maximum atomic E-state index is 9.36. The van der Waals surface area contributed by atoms with Crippen LogP contribution in [0.15, 0.2) is 12.4 Å². The van der Waals surface area contributed by atoms with Crippen LogP contribution in [-0.4, -0.2) is 34.8 Å². The zero-order chi connectivity index (χ0) is 12.1. The predicted molar refractivity (Wildman–Crippen MR) is 68.0 cm³/mol. The smallest absolute Gasteiger partial charge is 0.131 e. The number of hydrogen-bond donors (Lipinski definition) is 3. The highest BCUT2D eigenvalue weighted by atomic mass is 16.3. The third-order valence-corrected chi connectivity index (χ3v) is 3.40. The van der Waals surface area contributed by atoms with Crippen LogP contribution in [-0.2, 0) is 0 Å². The Hall–Kier alpha value is -1.36. The number of rotatable bonds is 4. The summed E-state index contributed by atoms with van der Waals surface area (Å²) in [7, 11) is 1.84. The van der Waals surface area contributed by atoms with E-state index in [9.17, 15) is 5.11 Å². The molecule has 0 amide bonds. The second-order valence-electron chi connectivity index (χ2n) is 4.52. The van der Waals surface area contributed by atoms with Crippen molar-refractivity contribution in [3.63, 3.8) is 0 Å². The predicted octanol–water partition coefficient (Wildman–Crippen LogP) is 1.48. The van der Waals surface area contributed by atoms with Crippen LogP contribution in [0.3, 0.4) is 0 Å². The molecule has 1 aromatic rings. The molecule has 0 saturated heterocycles. The lowest BCUT2D eigenvalue weighted by Gasteiger charge is -2.31. The molecule has 0 radical (unpaired) electrons. The van der Waals surface area contributed by atoms with E-state index in [4.69, 9.17) is 0 Å². The first-order valence-corrected chi connectivity index (χ1v) is 6.20. The van der Waals surface area contributed by atoms with E-state index < -0.39 is 0 Å². The minimum atomic E-state index is 0.252. The van der Waals surface area contributed by atoms with E-state index in [1.165, 1.54) is 12.8 Å². The summed E-state index contributed by atoms with van der Waals surface area (Å²) in [5, 5.41) is 15.7. The van der Waals surface area contributed by atoms with Crippen molar-refractivity contribution in [1.82, 2.24) is 9.97 Å². The van der Waals surface area contributed by atoms with Crippen molar-refractivity contribution in [2.45, 2.75) is 31.7 Å². The van der Waals surface area contributed by atoms with Crippen molar-refractivity contribution in [3.8, 4) is 0 Å². The van der Waals surface area contributed by atoms with Crippen molar-refractivity contribution in [2.75, 3.05) is 24.3 Å². The lowest BCUT2D eigenvalue weighted by molar-refractivity contribution is 0.178. The summed E-state index contributed by atoms with van der Waals surface area (Å²) in [5.74, 6) is 1.98. The molecule has 0 bridgehead atoms. The molecule has 94 valence electrons. The third-order valence-electron chi connectivity index (χ3n) is 3.40. The van der Waals surface area contributed by atoms with Crippen molar-refractivity contribution in [3.05, 3.63) is 12.4 Å². The van der Waals surface area contributed by atoms with Gasteiger partial charge in [-0.1, -0.05) is 12.8 Å². The highest BCUT2D eigenvalue weighted by molar-refractivity contribution is 5.46. The highest BCUT2D eigenvalue weighted by Crippen LogP contribution is 2.26. The second kappa shape index (κ2) is 5.82. The summed E-state index contributed by atoms with van der Waals surface area (Å²) < 4.78 is 0. The Bertz CT molecular complexity index is 358. The first kappa shape index (κ1) is 12.1. The van der Waals surface area contributed by atoms with Crippen LogP contribution < -0.4 is 10.6 Å². The maximum Gasteiger partial charge on any atom is 0.131 e. The molecule has 5 heteroatoms. The van der Waals surface area contributed by atoms with Gasteiger partial charge in [0.15, 0.2) is 0 Å². The second-order valence-corrected chi connectivity index (χ2v) is 4.52. The van der Waals surface area contributed by atoms with Crippen LogP contribution in [0.2, 0.25) is 0 Å². The number of hydrogen-bond acceptors (Lipinski definition) is 5. The van der Waals surface area contributed by atoms with Gasteiger partial charge in [-0.2, -0.15) is 0 Å². The van der Waals surface area contributed by atoms with Gasteiger partial charge in [-0.3, -0.25) is 0 Å². The first-order valence-electron chi connectivity index (χ1n) is 6.20. The fourth-order valence-corrected chi connectivity index (χ4v) is 2.38. The Morgan fingerprint density at radius 1 is 1.29 bits per heavy atom. The average Bonchev–Trinajstić information content (AvgIpc) is 2.39. The van der Waals surface area contributed by atoms with Gasteiger partial charge in [0.2, 0.25) is 0 Å². The van der Waals surface area contributed by atoms with Crippen molar-refractivity contribution in [2.24, 2.45) is 5.92 Å². The summed E-state index contributed by atoms with van der Waals surface area (Å²) in [6.45, 7) is 0.252. The lowest BCUT2D eigenvalue weighted by Crippen LogP contribution is -2.34. The number of nitrogens with zero attached hydrogens (tertiary/aromatic N) is 2. The third kappa shape index (κ3) is 3.06. The molecular weight excluding hydrogens is 216 g/mol. The molecule has 5 nitrogen and oxygen atoms in total. The molecule has 0 aromatic carbocycles. The average molecular weight is 236 g/mol. The molecule has 1 aliphatic carbocycles. The lowest BCUT2D eigenvalue weighted by atomic mass is 9.85. The standard InChI is InChI=1S/C12H20N4O/c1-13-11-6-12(15-8-14-11)16-10-5-3-2-4-9(10)7-17/h6,8-10,17H,2-5,7H2,1H3,(H2,13,14,15,16). The molecule has 1 fully saturated rings. The molecule has 1 heterocycles. The van der Waals surface area contributed by atoms with Gasteiger partial charge in [-0.05, 0) is 12.8 Å². The van der Waals surface area contributed by atoms with Crippen LogP contribution in [0.25, 0.3) is 0 Å². The van der Waals surface area contributed by atoms with Gasteiger partial charge in [-0.15, -0.1) is 0 Å². The van der Waals surface area contributed by atoms with Gasteiger partial charge < -0.3 is 15.7 Å². The zero-order valence-corrected chi connectivity index (χ0v) is 10.2. The molecule has 2 atom stereocenters. The fourth-order valence-electron chi connectivity index (χ4n) is 2.38. The molecule has 3 N–H and O–H groups in total. The molecule has 2 unspecified atom stereocenters. The molecular formula is C12H20N4O. The number of aliphatic hydroxyl groups excluding tert-OH is 1. The maximum absolute atomic E-state index is 9.36. The summed E-state index contributed by atoms with van der Waals surface area (Å²) >= 11 is 0. The molecule has 0 aliphatic heterocycles. The molecule has 2 rings (SSSR count). The minimum absolute atomic E-state index is 0.252. The topological polar surface area (TPSA) is 70.1 Å². The van der Waals surface area contributed by atoms with Crippen LogP contribution >= 0.6 is 0 Å². The molecule has 1 aliphatic rings. The number of aromatic nitrogens is 2. The Morgan fingerprint density at radius 2 is 2.06 bits per heavy atom. The molecule has 0 spiro atoms. The first-order chi connectivity index (χ1) is 8.33. The van der Waals surface area contributed by atoms with E-state index in [1.54, 1.807) is 6.33 Å². The van der Waals surface area contributed by atoms with Crippen molar-refractivity contribution < 1.29 is 5.11 Å². The van der Waals surface area contributed by atoms with Crippen molar-refractivity contribution >= 4 is 11.6 Å². The van der Waals surface area contributed by atoms with E-state index in [0.29, 0.717) is 12.0 Å². The Labute approximate surface area is 102 Å². The van der Waals surface area contributed by atoms with Crippen LogP contribution in [0, 0.1) is 5.92 Å². The Kier molecular flexibility index (Phi) is 4.14. The number of anilines is 2. The summed E-state index contributed by atoms with van der Waals surface area (Å²) in [4.78, 5) is 8.28. The normalized spacial score (nSPS) is 24.4. The van der Waals surface area contributed by atoms with Crippen LogP contribution in [0.4, 0.5) is 11.6 Å².